The van der Waals surface area contributed by atoms with Gasteiger partial charge in [0.25, 0.3) is 5.56 Å². The Morgan fingerprint density at radius 1 is 1.09 bits per heavy atom. The summed E-state index contributed by atoms with van der Waals surface area (Å²) < 4.78 is 14.7. The maximum absolute atomic E-state index is 13.1. The lowest BCUT2D eigenvalue weighted by atomic mass is 10.1. The highest BCUT2D eigenvalue weighted by atomic mass is 19.1. The summed E-state index contributed by atoms with van der Waals surface area (Å²) in [6, 6.07) is 9.35. The van der Waals surface area contributed by atoms with Gasteiger partial charge in [-0.15, -0.1) is 0 Å². The standard InChI is InChI=1S/C18H20FNO2/c1-3-4-5-12-20-17(14-6-8-15(19)9-7-14)11-10-16(13(2)21)18(20)22/h6-11H,3-5,12H2,1-2H3. The fourth-order valence-electron chi connectivity index (χ4n) is 2.46. The van der Waals surface area contributed by atoms with E-state index in [0.29, 0.717) is 12.2 Å². The van der Waals surface area contributed by atoms with Crippen LogP contribution in [0.2, 0.25) is 0 Å². The molecule has 4 heteroatoms. The zero-order valence-corrected chi connectivity index (χ0v) is 12.9. The van der Waals surface area contributed by atoms with Gasteiger partial charge in [-0.25, -0.2) is 4.39 Å². The lowest BCUT2D eigenvalue weighted by Gasteiger charge is -2.14. The highest BCUT2D eigenvalue weighted by Crippen LogP contribution is 2.19. The second-order valence-electron chi connectivity index (χ2n) is 5.36. The van der Waals surface area contributed by atoms with Gasteiger partial charge in [-0.2, -0.15) is 0 Å². The first-order valence-electron chi connectivity index (χ1n) is 7.55. The Balaban J connectivity index is 2.52. The van der Waals surface area contributed by atoms with E-state index in [1.54, 1.807) is 28.8 Å². The minimum atomic E-state index is -0.316. The van der Waals surface area contributed by atoms with Crippen molar-refractivity contribution in [1.82, 2.24) is 4.57 Å². The summed E-state index contributed by atoms with van der Waals surface area (Å²) >= 11 is 0. The number of rotatable bonds is 6. The molecule has 0 atom stereocenters. The molecule has 0 aliphatic carbocycles. The number of aromatic nitrogens is 1. The third-order valence-electron chi connectivity index (χ3n) is 3.68. The molecule has 0 aliphatic heterocycles. The quantitative estimate of drug-likeness (QED) is 0.596. The first-order chi connectivity index (χ1) is 10.5. The van der Waals surface area contributed by atoms with E-state index in [-0.39, 0.29) is 22.7 Å². The largest absolute Gasteiger partial charge is 0.308 e. The number of nitrogens with zero attached hydrogens (tertiary/aromatic N) is 1. The molecule has 0 saturated heterocycles. The van der Waals surface area contributed by atoms with E-state index in [1.807, 2.05) is 0 Å². The van der Waals surface area contributed by atoms with Crippen LogP contribution in [0, 0.1) is 5.82 Å². The van der Waals surface area contributed by atoms with Crippen LogP contribution in [0.5, 0.6) is 0 Å². The van der Waals surface area contributed by atoms with E-state index in [2.05, 4.69) is 6.92 Å². The molecule has 1 heterocycles. The molecule has 0 amide bonds. The van der Waals surface area contributed by atoms with E-state index in [0.717, 1.165) is 24.8 Å². The predicted molar refractivity (Wildman–Crippen MR) is 85.6 cm³/mol. The molecule has 0 N–H and O–H groups in total. The number of benzene rings is 1. The van der Waals surface area contributed by atoms with Crippen molar-refractivity contribution >= 4 is 5.78 Å². The molecule has 0 spiro atoms. The average Bonchev–Trinajstić information content (AvgIpc) is 2.49. The lowest BCUT2D eigenvalue weighted by Crippen LogP contribution is -2.27. The number of unbranched alkanes of at least 4 members (excludes halogenated alkanes) is 2. The Kier molecular flexibility index (Phi) is 5.26. The maximum atomic E-state index is 13.1. The van der Waals surface area contributed by atoms with Crippen LogP contribution in [-0.4, -0.2) is 10.4 Å². The third kappa shape index (κ3) is 3.50. The number of hydrogen-bond donors (Lipinski definition) is 0. The average molecular weight is 301 g/mol. The minimum Gasteiger partial charge on any atom is -0.308 e. The first-order valence-corrected chi connectivity index (χ1v) is 7.55. The maximum Gasteiger partial charge on any atom is 0.261 e. The van der Waals surface area contributed by atoms with Gasteiger partial charge in [0.05, 0.1) is 11.3 Å². The van der Waals surface area contributed by atoms with Crippen LogP contribution in [0.3, 0.4) is 0 Å². The second kappa shape index (κ2) is 7.16. The van der Waals surface area contributed by atoms with Crippen molar-refractivity contribution in [1.29, 1.82) is 0 Å². The van der Waals surface area contributed by atoms with Crippen LogP contribution in [0.25, 0.3) is 11.3 Å². The summed E-state index contributed by atoms with van der Waals surface area (Å²) in [7, 11) is 0. The van der Waals surface area contributed by atoms with E-state index < -0.39 is 0 Å². The van der Waals surface area contributed by atoms with E-state index in [9.17, 15) is 14.0 Å². The molecular formula is C18H20FNO2. The number of carbonyl (C=O) groups excluding carboxylic acids is 1. The van der Waals surface area contributed by atoms with Crippen molar-refractivity contribution in [3.05, 3.63) is 58.1 Å². The minimum absolute atomic E-state index is 0.197. The summed E-state index contributed by atoms with van der Waals surface area (Å²) in [5, 5.41) is 0. The lowest BCUT2D eigenvalue weighted by molar-refractivity contribution is 0.101. The summed E-state index contributed by atoms with van der Waals surface area (Å²) in [6.45, 7) is 4.04. The summed E-state index contributed by atoms with van der Waals surface area (Å²) in [5.41, 5.74) is 1.41. The number of Topliss-reactive ketones (excluding diaryl/α,β-unsaturated/α-hetero) is 1. The van der Waals surface area contributed by atoms with Crippen molar-refractivity contribution < 1.29 is 9.18 Å². The monoisotopic (exact) mass is 301 g/mol. The molecule has 1 aromatic carbocycles. The van der Waals surface area contributed by atoms with Gasteiger partial charge in [0.2, 0.25) is 0 Å². The van der Waals surface area contributed by atoms with Gasteiger partial charge in [-0.3, -0.25) is 9.59 Å². The number of ketones is 1. The van der Waals surface area contributed by atoms with Crippen molar-refractivity contribution in [3.8, 4) is 11.3 Å². The molecule has 2 aromatic rings. The summed E-state index contributed by atoms with van der Waals surface area (Å²) in [5.74, 6) is -0.552. The number of pyridine rings is 1. The van der Waals surface area contributed by atoms with Gasteiger partial charge in [0.1, 0.15) is 5.82 Å². The van der Waals surface area contributed by atoms with E-state index in [1.165, 1.54) is 19.1 Å². The van der Waals surface area contributed by atoms with Crippen LogP contribution >= 0.6 is 0 Å². The zero-order chi connectivity index (χ0) is 16.1. The number of halogens is 1. The predicted octanol–water partition coefficient (Wildman–Crippen LogP) is 4.05. The molecule has 1 aromatic heterocycles. The summed E-state index contributed by atoms with van der Waals surface area (Å²) in [6.07, 6.45) is 2.93. The van der Waals surface area contributed by atoms with Crippen molar-refractivity contribution in [2.24, 2.45) is 0 Å². The van der Waals surface area contributed by atoms with Gasteiger partial charge >= 0.3 is 0 Å². The second-order valence-corrected chi connectivity index (χ2v) is 5.36. The number of carbonyl (C=O) groups is 1. The van der Waals surface area contributed by atoms with Gasteiger partial charge in [-0.05, 0) is 55.3 Å². The molecule has 116 valence electrons. The van der Waals surface area contributed by atoms with E-state index in [4.69, 9.17) is 0 Å². The van der Waals surface area contributed by atoms with Crippen LogP contribution in [-0.2, 0) is 6.54 Å². The van der Waals surface area contributed by atoms with Crippen molar-refractivity contribution in [2.45, 2.75) is 39.7 Å². The Morgan fingerprint density at radius 3 is 2.36 bits per heavy atom. The molecule has 0 fully saturated rings. The number of hydrogen-bond acceptors (Lipinski definition) is 2. The third-order valence-corrected chi connectivity index (χ3v) is 3.68. The highest BCUT2D eigenvalue weighted by Gasteiger charge is 2.13. The van der Waals surface area contributed by atoms with Gasteiger partial charge in [0, 0.05) is 6.54 Å². The molecule has 0 radical (unpaired) electrons. The smallest absolute Gasteiger partial charge is 0.261 e. The molecule has 0 unspecified atom stereocenters. The topological polar surface area (TPSA) is 39.1 Å². The van der Waals surface area contributed by atoms with Crippen LogP contribution in [0.15, 0.2) is 41.2 Å². The molecule has 0 bridgehead atoms. The first kappa shape index (κ1) is 16.1. The fraction of sp³-hybridized carbons (Fsp3) is 0.333. The summed E-state index contributed by atoms with van der Waals surface area (Å²) in [4.78, 5) is 24.1. The molecule has 0 aliphatic rings. The van der Waals surface area contributed by atoms with E-state index >= 15 is 0 Å². The van der Waals surface area contributed by atoms with Gasteiger partial charge in [0.15, 0.2) is 5.78 Å². The Labute approximate surface area is 129 Å². The van der Waals surface area contributed by atoms with Crippen molar-refractivity contribution in [3.63, 3.8) is 0 Å². The zero-order valence-electron chi connectivity index (χ0n) is 12.9. The SMILES string of the molecule is CCCCCn1c(-c2ccc(F)cc2)ccc(C(C)=O)c1=O. The highest BCUT2D eigenvalue weighted by molar-refractivity contribution is 5.93. The normalized spacial score (nSPS) is 10.7. The van der Waals surface area contributed by atoms with Crippen molar-refractivity contribution in [2.75, 3.05) is 0 Å². The van der Waals surface area contributed by atoms with Crippen LogP contribution in [0.4, 0.5) is 4.39 Å². The Hall–Kier alpha value is -2.23. The van der Waals surface area contributed by atoms with Gasteiger partial charge in [-0.1, -0.05) is 19.8 Å². The molecule has 22 heavy (non-hydrogen) atoms. The molecule has 0 saturated carbocycles. The Morgan fingerprint density at radius 2 is 1.77 bits per heavy atom. The Bertz CT molecular complexity index is 717. The molecular weight excluding hydrogens is 281 g/mol. The van der Waals surface area contributed by atoms with Gasteiger partial charge < -0.3 is 4.57 Å². The fourth-order valence-corrected chi connectivity index (χ4v) is 2.46. The molecule has 3 nitrogen and oxygen atoms in total. The molecule has 2 rings (SSSR count). The van der Waals surface area contributed by atoms with Crippen LogP contribution in [0.1, 0.15) is 43.5 Å². The van der Waals surface area contributed by atoms with Crippen LogP contribution < -0.4 is 5.56 Å².